The number of Topliss-reactive ketones (excluding diaryl/α,β-unsaturated/α-hetero) is 2. The van der Waals surface area contributed by atoms with Crippen molar-refractivity contribution < 1.29 is 32.8 Å². The Balaban J connectivity index is 0.000000227. The fourth-order valence-electron chi connectivity index (χ4n) is 7.06. The van der Waals surface area contributed by atoms with Crippen LogP contribution in [-0.2, 0) is 17.9 Å². The first kappa shape index (κ1) is 44.2. The molecule has 2 saturated heterocycles. The third-order valence-electron chi connectivity index (χ3n) is 10.4. The zero-order valence-corrected chi connectivity index (χ0v) is 33.9. The van der Waals surface area contributed by atoms with Gasteiger partial charge in [-0.3, -0.25) is 24.2 Å². The number of nitrogens with zero attached hydrogens (tertiary/aromatic N) is 4. The summed E-state index contributed by atoms with van der Waals surface area (Å²) in [6, 6.07) is 29.7. The predicted octanol–water partition coefficient (Wildman–Crippen LogP) is 7.92. The van der Waals surface area contributed by atoms with Gasteiger partial charge in [0.2, 0.25) is 0 Å². The quantitative estimate of drug-likeness (QED) is 0.140. The lowest BCUT2D eigenvalue weighted by atomic mass is 10.1. The van der Waals surface area contributed by atoms with Gasteiger partial charge in [0, 0.05) is 48.7 Å². The standard InChI is InChI=1S/C24H27F2N3O3.C22H27N3O2/c1-17-6-5-7-20(14-17)29(24(32)28-12-3-2-4-13-28)16-18-8-10-19(11-9-18)21(30)15-27-23(31)22(25)26;1-17-6-5-7-20(14-17)25(22(27)24-12-3-2-4-13-24)16-18-8-10-19(11-9-18)21(26)15-23/h5-11,14,22H,2-4,12-13,15-16H2,1H3,(H,27,31);5-11,14H,2-4,12-13,15-16,23H2,1H3. The van der Waals surface area contributed by atoms with Crippen LogP contribution in [0.1, 0.15) is 81.5 Å². The Morgan fingerprint density at radius 1 is 0.610 bits per heavy atom. The maximum atomic E-state index is 13.3. The number of halogens is 2. The van der Waals surface area contributed by atoms with Crippen LogP contribution >= 0.6 is 0 Å². The topological polar surface area (TPSA) is 136 Å². The fraction of sp³-hybridized carbons (Fsp3) is 0.370. The molecule has 59 heavy (non-hydrogen) atoms. The summed E-state index contributed by atoms with van der Waals surface area (Å²) >= 11 is 0. The van der Waals surface area contributed by atoms with E-state index in [-0.39, 0.29) is 24.4 Å². The zero-order valence-electron chi connectivity index (χ0n) is 33.9. The van der Waals surface area contributed by atoms with Crippen LogP contribution in [0, 0.1) is 13.8 Å². The molecule has 0 aliphatic carbocycles. The maximum Gasteiger partial charge on any atom is 0.324 e. The van der Waals surface area contributed by atoms with Crippen LogP contribution in [0.25, 0.3) is 0 Å². The van der Waals surface area contributed by atoms with E-state index in [1.54, 1.807) is 41.3 Å². The van der Waals surface area contributed by atoms with Crippen molar-refractivity contribution in [3.63, 3.8) is 0 Å². The molecule has 0 aromatic heterocycles. The lowest BCUT2D eigenvalue weighted by molar-refractivity contribution is -0.131. The summed E-state index contributed by atoms with van der Waals surface area (Å²) in [6.07, 6.45) is 3.26. The molecule has 2 aliphatic rings. The molecule has 0 radical (unpaired) electrons. The van der Waals surface area contributed by atoms with Crippen molar-refractivity contribution in [1.29, 1.82) is 0 Å². The first-order chi connectivity index (χ1) is 28.4. The number of alkyl halides is 2. The van der Waals surface area contributed by atoms with Crippen LogP contribution < -0.4 is 20.9 Å². The molecule has 2 heterocycles. The molecule has 11 nitrogen and oxygen atoms in total. The Bertz CT molecular complexity index is 2050. The first-order valence-electron chi connectivity index (χ1n) is 20.2. The van der Waals surface area contributed by atoms with E-state index in [4.69, 9.17) is 5.73 Å². The van der Waals surface area contributed by atoms with Crippen LogP contribution in [0.4, 0.5) is 29.7 Å². The number of nitrogens with two attached hydrogens (primary N) is 1. The minimum absolute atomic E-state index is 0.00219. The third kappa shape index (κ3) is 12.8. The number of ketones is 2. The fourth-order valence-corrected chi connectivity index (χ4v) is 7.06. The maximum absolute atomic E-state index is 13.3. The van der Waals surface area contributed by atoms with Crippen molar-refractivity contribution in [2.24, 2.45) is 5.73 Å². The Morgan fingerprint density at radius 2 is 1.02 bits per heavy atom. The molecule has 0 bridgehead atoms. The molecule has 312 valence electrons. The smallest absolute Gasteiger partial charge is 0.324 e. The summed E-state index contributed by atoms with van der Waals surface area (Å²) in [7, 11) is 0. The summed E-state index contributed by atoms with van der Waals surface area (Å²) in [4.78, 5) is 68.7. The van der Waals surface area contributed by atoms with Gasteiger partial charge in [-0.1, -0.05) is 72.8 Å². The van der Waals surface area contributed by atoms with Crippen molar-refractivity contribution in [1.82, 2.24) is 15.1 Å². The van der Waals surface area contributed by atoms with E-state index >= 15 is 0 Å². The van der Waals surface area contributed by atoms with E-state index in [1.165, 1.54) is 6.42 Å². The molecule has 2 fully saturated rings. The van der Waals surface area contributed by atoms with Crippen LogP contribution in [0.15, 0.2) is 97.1 Å². The van der Waals surface area contributed by atoms with Gasteiger partial charge in [-0.05, 0) is 98.9 Å². The second kappa shape index (κ2) is 21.7. The number of nitrogens with one attached hydrogen (secondary N) is 1. The molecule has 0 spiro atoms. The molecule has 13 heteroatoms. The molecular formula is C46H54F2N6O5. The van der Waals surface area contributed by atoms with Crippen molar-refractivity contribution in [3.8, 4) is 0 Å². The van der Waals surface area contributed by atoms with Gasteiger partial charge in [-0.2, -0.15) is 8.78 Å². The highest BCUT2D eigenvalue weighted by atomic mass is 19.3. The summed E-state index contributed by atoms with van der Waals surface area (Å²) in [5, 5.41) is 1.91. The summed E-state index contributed by atoms with van der Waals surface area (Å²) in [6.45, 7) is 7.40. The Morgan fingerprint density at radius 3 is 1.39 bits per heavy atom. The van der Waals surface area contributed by atoms with Crippen LogP contribution in [0.3, 0.4) is 0 Å². The lowest BCUT2D eigenvalue weighted by Gasteiger charge is -2.33. The summed E-state index contributed by atoms with van der Waals surface area (Å²) in [5.74, 6) is -2.02. The van der Waals surface area contributed by atoms with Gasteiger partial charge in [-0.15, -0.1) is 0 Å². The van der Waals surface area contributed by atoms with Gasteiger partial charge in [-0.25, -0.2) is 9.59 Å². The number of benzene rings is 4. The van der Waals surface area contributed by atoms with E-state index in [0.717, 1.165) is 91.9 Å². The Labute approximate surface area is 345 Å². The Hall–Kier alpha value is -5.95. The minimum Gasteiger partial charge on any atom is -0.344 e. The second-order valence-corrected chi connectivity index (χ2v) is 15.0. The molecule has 6 rings (SSSR count). The van der Waals surface area contributed by atoms with E-state index in [1.807, 2.05) is 94.5 Å². The number of hydrogen-bond donors (Lipinski definition) is 2. The largest absolute Gasteiger partial charge is 0.344 e. The number of rotatable bonds is 12. The molecule has 5 amide bonds. The van der Waals surface area contributed by atoms with Crippen molar-refractivity contribution in [3.05, 3.63) is 130 Å². The minimum atomic E-state index is -3.16. The number of hydrogen-bond acceptors (Lipinski definition) is 6. The lowest BCUT2D eigenvalue weighted by Crippen LogP contribution is -2.45. The molecule has 4 aromatic carbocycles. The first-order valence-corrected chi connectivity index (χ1v) is 20.2. The van der Waals surface area contributed by atoms with E-state index in [0.29, 0.717) is 24.2 Å². The van der Waals surface area contributed by atoms with Crippen molar-refractivity contribution >= 4 is 40.9 Å². The number of carbonyl (C=O) groups is 5. The molecule has 2 aliphatic heterocycles. The van der Waals surface area contributed by atoms with Crippen LogP contribution in [0.5, 0.6) is 0 Å². The normalized spacial score (nSPS) is 13.9. The van der Waals surface area contributed by atoms with Gasteiger partial charge in [0.1, 0.15) is 0 Å². The van der Waals surface area contributed by atoms with Gasteiger partial charge in [0.15, 0.2) is 11.6 Å². The number of aryl methyl sites for hydroxylation is 2. The molecule has 0 atom stereocenters. The molecule has 3 N–H and O–H groups in total. The van der Waals surface area contributed by atoms with Crippen LogP contribution in [0.2, 0.25) is 0 Å². The average molecular weight is 809 g/mol. The van der Waals surface area contributed by atoms with Crippen LogP contribution in [-0.4, -0.2) is 85.0 Å². The summed E-state index contributed by atoms with van der Waals surface area (Å²) in [5.41, 5.74) is 12.0. The van der Waals surface area contributed by atoms with Gasteiger partial charge < -0.3 is 20.9 Å². The number of amides is 5. The third-order valence-corrected chi connectivity index (χ3v) is 10.4. The number of urea groups is 2. The van der Waals surface area contributed by atoms with E-state index in [9.17, 15) is 32.8 Å². The van der Waals surface area contributed by atoms with Gasteiger partial charge in [0.25, 0.3) is 5.91 Å². The average Bonchev–Trinajstić information content (AvgIpc) is 3.27. The molecule has 0 unspecified atom stereocenters. The number of carbonyl (C=O) groups excluding carboxylic acids is 5. The number of piperidine rings is 2. The van der Waals surface area contributed by atoms with E-state index < -0.39 is 24.7 Å². The molecular weight excluding hydrogens is 755 g/mol. The predicted molar refractivity (Wildman–Crippen MR) is 226 cm³/mol. The number of likely N-dealkylation sites (tertiary alicyclic amines) is 2. The summed E-state index contributed by atoms with van der Waals surface area (Å²) < 4.78 is 24.5. The highest BCUT2D eigenvalue weighted by molar-refractivity contribution is 6.00. The number of anilines is 2. The monoisotopic (exact) mass is 808 g/mol. The highest BCUT2D eigenvalue weighted by Gasteiger charge is 2.26. The zero-order chi connectivity index (χ0) is 42.3. The highest BCUT2D eigenvalue weighted by Crippen LogP contribution is 2.24. The molecule has 0 saturated carbocycles. The van der Waals surface area contributed by atoms with E-state index in [2.05, 4.69) is 0 Å². The second-order valence-electron chi connectivity index (χ2n) is 15.0. The Kier molecular flexibility index (Phi) is 16.2. The SMILES string of the molecule is Cc1cccc(N(Cc2ccc(C(=O)CN)cc2)C(=O)N2CCCCC2)c1.Cc1cccc(N(Cc2ccc(C(=O)CNC(=O)C(F)F)cc2)C(=O)N2CCCCC2)c1. The van der Waals surface area contributed by atoms with Gasteiger partial charge in [0.05, 0.1) is 26.2 Å². The van der Waals surface area contributed by atoms with Crippen molar-refractivity contribution in [2.75, 3.05) is 49.1 Å². The van der Waals surface area contributed by atoms with Crippen molar-refractivity contribution in [2.45, 2.75) is 71.9 Å². The molecule has 4 aromatic rings. The van der Waals surface area contributed by atoms with Gasteiger partial charge >= 0.3 is 18.5 Å².